The van der Waals surface area contributed by atoms with Crippen LogP contribution in [0.3, 0.4) is 0 Å². The quantitative estimate of drug-likeness (QED) is 0.485. The van der Waals surface area contributed by atoms with Crippen molar-refractivity contribution in [3.8, 4) is 0 Å². The molecule has 1 heteroatoms. The first kappa shape index (κ1) is 11.7. The molecule has 2 aliphatic carbocycles. The SMILES string of the molecule is BrC1CCC(/C=C/C2CCCCC2)CC1. The molecule has 0 spiro atoms. The topological polar surface area (TPSA) is 0 Å². The van der Waals surface area contributed by atoms with Gasteiger partial charge in [0.25, 0.3) is 0 Å². The van der Waals surface area contributed by atoms with Crippen molar-refractivity contribution in [2.75, 3.05) is 0 Å². The molecule has 0 aromatic heterocycles. The van der Waals surface area contributed by atoms with Crippen LogP contribution in [0, 0.1) is 11.8 Å². The predicted octanol–water partition coefficient (Wildman–Crippen LogP) is 5.08. The average Bonchev–Trinajstić information content (AvgIpc) is 2.30. The van der Waals surface area contributed by atoms with Crippen molar-refractivity contribution in [2.24, 2.45) is 11.8 Å². The molecule has 0 saturated heterocycles. The second kappa shape index (κ2) is 6.08. The third-order valence-electron chi connectivity index (χ3n) is 4.01. The maximum Gasteiger partial charge on any atom is 0.0146 e. The number of halogens is 1. The van der Waals surface area contributed by atoms with Gasteiger partial charge in [0.05, 0.1) is 0 Å². The highest BCUT2D eigenvalue weighted by Crippen LogP contribution is 2.31. The van der Waals surface area contributed by atoms with E-state index < -0.39 is 0 Å². The zero-order valence-electron chi connectivity index (χ0n) is 9.63. The molecule has 0 N–H and O–H groups in total. The first-order valence-electron chi connectivity index (χ1n) is 6.67. The number of allylic oxidation sites excluding steroid dienone is 2. The Bertz CT molecular complexity index is 195. The first-order chi connectivity index (χ1) is 7.34. The van der Waals surface area contributed by atoms with Gasteiger partial charge in [-0.1, -0.05) is 47.3 Å². The average molecular weight is 271 g/mol. The molecular formula is C14H23Br. The Hall–Kier alpha value is 0.220. The molecule has 2 fully saturated rings. The Kier molecular flexibility index (Phi) is 4.74. The third kappa shape index (κ3) is 3.94. The van der Waals surface area contributed by atoms with Gasteiger partial charge in [0.1, 0.15) is 0 Å². The first-order valence-corrected chi connectivity index (χ1v) is 7.58. The van der Waals surface area contributed by atoms with E-state index in [4.69, 9.17) is 0 Å². The summed E-state index contributed by atoms with van der Waals surface area (Å²) >= 11 is 3.72. The maximum absolute atomic E-state index is 3.72. The molecule has 15 heavy (non-hydrogen) atoms. The molecule has 0 aromatic carbocycles. The standard InChI is InChI=1S/C14H23Br/c15-14-10-8-13(9-11-14)7-6-12-4-2-1-3-5-12/h6-7,12-14H,1-5,8-11H2/b7-6+. The van der Waals surface area contributed by atoms with Crippen molar-refractivity contribution in [1.82, 2.24) is 0 Å². The molecule has 0 nitrogen and oxygen atoms in total. The van der Waals surface area contributed by atoms with Crippen LogP contribution >= 0.6 is 15.9 Å². The van der Waals surface area contributed by atoms with Gasteiger partial charge in [-0.05, 0) is 50.4 Å². The largest absolute Gasteiger partial charge is 0.0891 e. The van der Waals surface area contributed by atoms with Crippen LogP contribution in [0.4, 0.5) is 0 Å². The number of hydrogen-bond acceptors (Lipinski definition) is 0. The van der Waals surface area contributed by atoms with E-state index in [9.17, 15) is 0 Å². The minimum Gasteiger partial charge on any atom is -0.0891 e. The van der Waals surface area contributed by atoms with Crippen LogP contribution in [0.25, 0.3) is 0 Å². The number of rotatable bonds is 2. The van der Waals surface area contributed by atoms with Crippen LogP contribution in [-0.4, -0.2) is 4.83 Å². The zero-order chi connectivity index (χ0) is 10.5. The lowest BCUT2D eigenvalue weighted by Gasteiger charge is -2.24. The highest BCUT2D eigenvalue weighted by molar-refractivity contribution is 9.09. The van der Waals surface area contributed by atoms with E-state index in [1.807, 2.05) is 0 Å². The van der Waals surface area contributed by atoms with Gasteiger partial charge in [0.15, 0.2) is 0 Å². The van der Waals surface area contributed by atoms with Gasteiger partial charge in [-0.25, -0.2) is 0 Å². The van der Waals surface area contributed by atoms with E-state index >= 15 is 0 Å². The van der Waals surface area contributed by atoms with Gasteiger partial charge in [-0.15, -0.1) is 0 Å². The molecule has 0 aliphatic heterocycles. The lowest BCUT2D eigenvalue weighted by atomic mass is 9.85. The summed E-state index contributed by atoms with van der Waals surface area (Å²) in [6, 6.07) is 0. The van der Waals surface area contributed by atoms with Crippen molar-refractivity contribution in [1.29, 1.82) is 0 Å². The summed E-state index contributed by atoms with van der Waals surface area (Å²) in [6.07, 6.45) is 17.9. The number of hydrogen-bond donors (Lipinski definition) is 0. The van der Waals surface area contributed by atoms with Crippen LogP contribution in [-0.2, 0) is 0 Å². The van der Waals surface area contributed by atoms with Gasteiger partial charge >= 0.3 is 0 Å². The molecule has 0 radical (unpaired) electrons. The molecule has 0 atom stereocenters. The minimum atomic E-state index is 0.803. The summed E-state index contributed by atoms with van der Waals surface area (Å²) in [6.45, 7) is 0. The second-order valence-electron chi connectivity index (χ2n) is 5.30. The van der Waals surface area contributed by atoms with E-state index in [-0.39, 0.29) is 0 Å². The Morgan fingerprint density at radius 3 is 1.80 bits per heavy atom. The van der Waals surface area contributed by atoms with Gasteiger partial charge in [0, 0.05) is 4.83 Å². The molecule has 2 saturated carbocycles. The van der Waals surface area contributed by atoms with E-state index in [0.717, 1.165) is 16.7 Å². The smallest absolute Gasteiger partial charge is 0.0146 e. The molecule has 0 unspecified atom stereocenters. The molecule has 86 valence electrons. The summed E-state index contributed by atoms with van der Waals surface area (Å²) in [5.74, 6) is 1.81. The summed E-state index contributed by atoms with van der Waals surface area (Å²) in [7, 11) is 0. The zero-order valence-corrected chi connectivity index (χ0v) is 11.2. The minimum absolute atomic E-state index is 0.803. The van der Waals surface area contributed by atoms with Crippen molar-refractivity contribution in [3.63, 3.8) is 0 Å². The van der Waals surface area contributed by atoms with Gasteiger partial charge < -0.3 is 0 Å². The molecule has 2 aliphatic rings. The lowest BCUT2D eigenvalue weighted by Crippen LogP contribution is -2.12. The fourth-order valence-corrected chi connectivity index (χ4v) is 3.44. The van der Waals surface area contributed by atoms with Gasteiger partial charge in [-0.3, -0.25) is 0 Å². The molecular weight excluding hydrogens is 248 g/mol. The van der Waals surface area contributed by atoms with Crippen LogP contribution < -0.4 is 0 Å². The highest BCUT2D eigenvalue weighted by Gasteiger charge is 2.17. The van der Waals surface area contributed by atoms with Gasteiger partial charge in [-0.2, -0.15) is 0 Å². The summed E-state index contributed by atoms with van der Waals surface area (Å²) < 4.78 is 0. The lowest BCUT2D eigenvalue weighted by molar-refractivity contribution is 0.406. The van der Waals surface area contributed by atoms with Crippen LogP contribution in [0.2, 0.25) is 0 Å². The van der Waals surface area contributed by atoms with Crippen molar-refractivity contribution < 1.29 is 0 Å². The molecule has 0 aromatic rings. The summed E-state index contributed by atoms with van der Waals surface area (Å²) in [5.41, 5.74) is 0. The van der Waals surface area contributed by atoms with Crippen molar-refractivity contribution in [3.05, 3.63) is 12.2 Å². The number of alkyl halides is 1. The van der Waals surface area contributed by atoms with Crippen LogP contribution in [0.1, 0.15) is 57.8 Å². The summed E-state index contributed by atoms with van der Waals surface area (Å²) in [5, 5.41) is 0. The van der Waals surface area contributed by atoms with E-state index in [0.29, 0.717) is 0 Å². The van der Waals surface area contributed by atoms with E-state index in [1.165, 1.54) is 57.8 Å². The normalized spacial score (nSPS) is 34.7. The summed E-state index contributed by atoms with van der Waals surface area (Å²) in [4.78, 5) is 0.803. The molecule has 0 amide bonds. The fourth-order valence-electron chi connectivity index (χ4n) is 2.91. The Balaban J connectivity index is 1.73. The predicted molar refractivity (Wildman–Crippen MR) is 70.4 cm³/mol. The van der Waals surface area contributed by atoms with Crippen molar-refractivity contribution >= 4 is 15.9 Å². The maximum atomic E-state index is 3.72. The fraction of sp³-hybridized carbons (Fsp3) is 0.857. The third-order valence-corrected chi connectivity index (χ3v) is 4.92. The Morgan fingerprint density at radius 2 is 1.20 bits per heavy atom. The van der Waals surface area contributed by atoms with Crippen molar-refractivity contribution in [2.45, 2.75) is 62.6 Å². The Morgan fingerprint density at radius 1 is 0.667 bits per heavy atom. The van der Waals surface area contributed by atoms with E-state index in [1.54, 1.807) is 0 Å². The molecule has 0 bridgehead atoms. The second-order valence-corrected chi connectivity index (χ2v) is 6.59. The van der Waals surface area contributed by atoms with Crippen LogP contribution in [0.5, 0.6) is 0 Å². The monoisotopic (exact) mass is 270 g/mol. The van der Waals surface area contributed by atoms with Crippen LogP contribution in [0.15, 0.2) is 12.2 Å². The van der Waals surface area contributed by atoms with Gasteiger partial charge in [0.2, 0.25) is 0 Å². The molecule has 0 heterocycles. The highest BCUT2D eigenvalue weighted by atomic mass is 79.9. The van der Waals surface area contributed by atoms with E-state index in [2.05, 4.69) is 28.1 Å². The Labute approximate surface area is 103 Å². The molecule has 2 rings (SSSR count).